The molecule has 1 rings (SSSR count). The SMILES string of the molecule is COc1cc(OC)cc(C(C)(O)CNC(C)C)c1. The smallest absolute Gasteiger partial charge is 0.122 e. The van der Waals surface area contributed by atoms with Crippen molar-refractivity contribution in [1.29, 1.82) is 0 Å². The van der Waals surface area contributed by atoms with Crippen LogP contribution in [0.3, 0.4) is 0 Å². The lowest BCUT2D eigenvalue weighted by Gasteiger charge is -2.26. The largest absolute Gasteiger partial charge is 0.497 e. The second kappa shape index (κ2) is 6.07. The Morgan fingerprint density at radius 2 is 1.67 bits per heavy atom. The molecule has 0 bridgehead atoms. The number of benzene rings is 1. The van der Waals surface area contributed by atoms with Gasteiger partial charge < -0.3 is 19.9 Å². The third kappa shape index (κ3) is 3.89. The molecule has 4 heteroatoms. The van der Waals surface area contributed by atoms with Crippen LogP contribution in [0.5, 0.6) is 11.5 Å². The molecule has 0 saturated heterocycles. The predicted molar refractivity (Wildman–Crippen MR) is 72.3 cm³/mol. The summed E-state index contributed by atoms with van der Waals surface area (Å²) in [7, 11) is 3.19. The third-order valence-electron chi connectivity index (χ3n) is 2.83. The summed E-state index contributed by atoms with van der Waals surface area (Å²) in [6, 6.07) is 5.76. The van der Waals surface area contributed by atoms with Gasteiger partial charge in [-0.05, 0) is 24.6 Å². The Morgan fingerprint density at radius 3 is 2.06 bits per heavy atom. The molecule has 0 aliphatic heterocycles. The van der Waals surface area contributed by atoms with E-state index in [2.05, 4.69) is 5.32 Å². The lowest BCUT2D eigenvalue weighted by Crippen LogP contribution is -2.38. The van der Waals surface area contributed by atoms with Crippen molar-refractivity contribution in [1.82, 2.24) is 5.32 Å². The van der Waals surface area contributed by atoms with E-state index in [4.69, 9.17) is 9.47 Å². The molecule has 0 heterocycles. The molecular weight excluding hydrogens is 230 g/mol. The highest BCUT2D eigenvalue weighted by Crippen LogP contribution is 2.29. The van der Waals surface area contributed by atoms with Gasteiger partial charge in [-0.3, -0.25) is 0 Å². The van der Waals surface area contributed by atoms with Gasteiger partial charge in [-0.25, -0.2) is 0 Å². The Labute approximate surface area is 109 Å². The van der Waals surface area contributed by atoms with Crippen LogP contribution in [-0.2, 0) is 5.60 Å². The summed E-state index contributed by atoms with van der Waals surface area (Å²) in [6.07, 6.45) is 0. The van der Waals surface area contributed by atoms with Crippen LogP contribution in [-0.4, -0.2) is 31.9 Å². The van der Waals surface area contributed by atoms with Crippen molar-refractivity contribution in [3.05, 3.63) is 23.8 Å². The molecule has 1 atom stereocenters. The van der Waals surface area contributed by atoms with Crippen molar-refractivity contribution >= 4 is 0 Å². The van der Waals surface area contributed by atoms with Gasteiger partial charge in [0.1, 0.15) is 11.5 Å². The van der Waals surface area contributed by atoms with Crippen molar-refractivity contribution in [3.8, 4) is 11.5 Å². The number of rotatable bonds is 6. The van der Waals surface area contributed by atoms with Crippen LogP contribution in [0.4, 0.5) is 0 Å². The zero-order valence-electron chi connectivity index (χ0n) is 11.8. The van der Waals surface area contributed by atoms with E-state index >= 15 is 0 Å². The average molecular weight is 253 g/mol. The van der Waals surface area contributed by atoms with E-state index < -0.39 is 5.60 Å². The second-order valence-corrected chi connectivity index (χ2v) is 4.91. The minimum Gasteiger partial charge on any atom is -0.497 e. The highest BCUT2D eigenvalue weighted by Gasteiger charge is 2.24. The maximum atomic E-state index is 10.5. The van der Waals surface area contributed by atoms with Crippen LogP contribution in [0.1, 0.15) is 26.3 Å². The number of hydrogen-bond acceptors (Lipinski definition) is 4. The van der Waals surface area contributed by atoms with Gasteiger partial charge in [0.2, 0.25) is 0 Å². The second-order valence-electron chi connectivity index (χ2n) is 4.91. The fourth-order valence-corrected chi connectivity index (χ4v) is 1.62. The van der Waals surface area contributed by atoms with Gasteiger partial charge in [-0.1, -0.05) is 13.8 Å². The van der Waals surface area contributed by atoms with Gasteiger partial charge in [0.15, 0.2) is 0 Å². The summed E-state index contributed by atoms with van der Waals surface area (Å²) in [6.45, 7) is 6.34. The minimum absolute atomic E-state index is 0.323. The average Bonchev–Trinajstić information content (AvgIpc) is 2.35. The Hall–Kier alpha value is -1.26. The summed E-state index contributed by atoms with van der Waals surface area (Å²) in [5.41, 5.74) is -0.196. The van der Waals surface area contributed by atoms with E-state index in [0.717, 1.165) is 5.56 Å². The first-order valence-corrected chi connectivity index (χ1v) is 6.08. The van der Waals surface area contributed by atoms with Crippen LogP contribution in [0, 0.1) is 0 Å². The van der Waals surface area contributed by atoms with E-state index in [1.54, 1.807) is 27.2 Å². The maximum absolute atomic E-state index is 10.5. The predicted octanol–water partition coefficient (Wildman–Crippen LogP) is 1.91. The first-order chi connectivity index (χ1) is 8.39. The van der Waals surface area contributed by atoms with Crippen LogP contribution in [0.25, 0.3) is 0 Å². The Balaban J connectivity index is 2.98. The molecule has 0 saturated carbocycles. The number of aliphatic hydroxyl groups is 1. The van der Waals surface area contributed by atoms with E-state index in [-0.39, 0.29) is 0 Å². The highest BCUT2D eigenvalue weighted by molar-refractivity contribution is 5.40. The molecule has 4 nitrogen and oxygen atoms in total. The first kappa shape index (κ1) is 14.8. The summed E-state index contributed by atoms with van der Waals surface area (Å²) in [5.74, 6) is 1.35. The zero-order valence-corrected chi connectivity index (χ0v) is 11.8. The molecule has 0 radical (unpaired) electrons. The fourth-order valence-electron chi connectivity index (χ4n) is 1.62. The van der Waals surface area contributed by atoms with Crippen LogP contribution < -0.4 is 14.8 Å². The van der Waals surface area contributed by atoms with Crippen molar-refractivity contribution < 1.29 is 14.6 Å². The molecule has 0 amide bonds. The molecule has 1 aromatic rings. The van der Waals surface area contributed by atoms with E-state index in [9.17, 15) is 5.11 Å². The topological polar surface area (TPSA) is 50.7 Å². The normalized spacial score (nSPS) is 14.4. The summed E-state index contributed by atoms with van der Waals surface area (Å²) >= 11 is 0. The van der Waals surface area contributed by atoms with Gasteiger partial charge in [0.05, 0.1) is 19.8 Å². The van der Waals surface area contributed by atoms with E-state index in [1.807, 2.05) is 26.0 Å². The molecule has 0 aromatic heterocycles. The van der Waals surface area contributed by atoms with Crippen LogP contribution in [0.2, 0.25) is 0 Å². The zero-order chi connectivity index (χ0) is 13.8. The molecule has 0 spiro atoms. The molecule has 2 N–H and O–H groups in total. The Bertz CT molecular complexity index is 366. The summed E-state index contributed by atoms with van der Waals surface area (Å²) in [4.78, 5) is 0. The maximum Gasteiger partial charge on any atom is 0.122 e. The molecule has 0 aliphatic rings. The van der Waals surface area contributed by atoms with E-state index in [1.165, 1.54) is 0 Å². The minimum atomic E-state index is -0.966. The summed E-state index contributed by atoms with van der Waals surface area (Å²) < 4.78 is 10.4. The van der Waals surface area contributed by atoms with E-state index in [0.29, 0.717) is 24.1 Å². The third-order valence-corrected chi connectivity index (χ3v) is 2.83. The van der Waals surface area contributed by atoms with Gasteiger partial charge in [-0.15, -0.1) is 0 Å². The Kier molecular flexibility index (Phi) is 4.99. The van der Waals surface area contributed by atoms with Crippen LogP contribution in [0.15, 0.2) is 18.2 Å². The van der Waals surface area contributed by atoms with Crippen molar-refractivity contribution in [2.45, 2.75) is 32.4 Å². The van der Waals surface area contributed by atoms with Crippen molar-refractivity contribution in [2.75, 3.05) is 20.8 Å². The van der Waals surface area contributed by atoms with Gasteiger partial charge in [-0.2, -0.15) is 0 Å². The number of hydrogen-bond donors (Lipinski definition) is 2. The van der Waals surface area contributed by atoms with Crippen molar-refractivity contribution in [3.63, 3.8) is 0 Å². The quantitative estimate of drug-likeness (QED) is 0.813. The van der Waals surface area contributed by atoms with Crippen LogP contribution >= 0.6 is 0 Å². The molecule has 1 unspecified atom stereocenters. The summed E-state index contributed by atoms with van der Waals surface area (Å²) in [5, 5.41) is 13.7. The van der Waals surface area contributed by atoms with Crippen molar-refractivity contribution in [2.24, 2.45) is 0 Å². The number of methoxy groups -OCH3 is 2. The fraction of sp³-hybridized carbons (Fsp3) is 0.571. The lowest BCUT2D eigenvalue weighted by atomic mass is 9.95. The molecule has 0 aliphatic carbocycles. The molecular formula is C14H23NO3. The highest BCUT2D eigenvalue weighted by atomic mass is 16.5. The molecule has 18 heavy (non-hydrogen) atoms. The van der Waals surface area contributed by atoms with Gasteiger partial charge in [0.25, 0.3) is 0 Å². The number of ether oxygens (including phenoxy) is 2. The molecule has 1 aromatic carbocycles. The molecule has 102 valence electrons. The standard InChI is InChI=1S/C14H23NO3/c1-10(2)15-9-14(3,16)11-6-12(17-4)8-13(7-11)18-5/h6-8,10,15-16H,9H2,1-5H3. The van der Waals surface area contributed by atoms with Gasteiger partial charge >= 0.3 is 0 Å². The van der Waals surface area contributed by atoms with Gasteiger partial charge in [0, 0.05) is 18.7 Å². The lowest BCUT2D eigenvalue weighted by molar-refractivity contribution is 0.0545. The Morgan fingerprint density at radius 1 is 1.17 bits per heavy atom. The monoisotopic (exact) mass is 253 g/mol. The first-order valence-electron chi connectivity index (χ1n) is 6.08. The molecule has 0 fully saturated rings. The number of nitrogens with one attached hydrogen (secondary N) is 1.